The van der Waals surface area contributed by atoms with Crippen LogP contribution in [0.5, 0.6) is 0 Å². The fourth-order valence-electron chi connectivity index (χ4n) is 1.46. The van der Waals surface area contributed by atoms with E-state index in [0.29, 0.717) is 12.8 Å². The molecule has 5 N–H and O–H groups in total. The Morgan fingerprint density at radius 1 is 1.11 bits per heavy atom. The third kappa shape index (κ3) is 4.70. The number of carboxylic acid groups (broad SMARTS) is 1. The number of hydrogen-bond donors (Lipinski definition) is 4. The van der Waals surface area contributed by atoms with Crippen LogP contribution in [0.4, 0.5) is 0 Å². The number of rotatable bonds is 8. The second-order valence-corrected chi connectivity index (χ2v) is 4.05. The van der Waals surface area contributed by atoms with Crippen molar-refractivity contribution in [3.8, 4) is 0 Å². The molecule has 0 unspecified atom stereocenters. The van der Waals surface area contributed by atoms with Crippen molar-refractivity contribution in [3.63, 3.8) is 0 Å². The fraction of sp³-hybridized carbons (Fsp3) is 0.727. The highest BCUT2D eigenvalue weighted by Crippen LogP contribution is 2.25. The third-order valence-electron chi connectivity index (χ3n) is 3.06. The average molecular weight is 259 g/mol. The van der Waals surface area contributed by atoms with Crippen LogP contribution in [-0.2, 0) is 14.4 Å². The first kappa shape index (κ1) is 16.4. The number of hydrogen-bond acceptors (Lipinski definition) is 4. The van der Waals surface area contributed by atoms with Crippen LogP contribution < -0.4 is 16.4 Å². The summed E-state index contributed by atoms with van der Waals surface area (Å²) in [4.78, 5) is 33.4. The van der Waals surface area contributed by atoms with E-state index in [2.05, 4.69) is 10.6 Å². The van der Waals surface area contributed by atoms with Crippen molar-refractivity contribution in [2.24, 2.45) is 11.1 Å². The zero-order valence-electron chi connectivity index (χ0n) is 10.8. The van der Waals surface area contributed by atoms with E-state index in [-0.39, 0.29) is 19.6 Å². The molecule has 0 aliphatic rings. The van der Waals surface area contributed by atoms with Gasteiger partial charge >= 0.3 is 5.97 Å². The van der Waals surface area contributed by atoms with Gasteiger partial charge in [-0.2, -0.15) is 0 Å². The molecule has 0 aromatic rings. The van der Waals surface area contributed by atoms with Crippen molar-refractivity contribution in [3.05, 3.63) is 0 Å². The number of carboxylic acids is 1. The van der Waals surface area contributed by atoms with Crippen LogP contribution in [0.2, 0.25) is 0 Å². The Bertz CT molecular complexity index is 313. The minimum atomic E-state index is -0.951. The average Bonchev–Trinajstić information content (AvgIpc) is 2.37. The molecule has 0 aliphatic carbocycles. The van der Waals surface area contributed by atoms with Gasteiger partial charge in [-0.25, -0.2) is 0 Å². The normalized spacial score (nSPS) is 10.8. The lowest BCUT2D eigenvalue weighted by atomic mass is 9.82. The summed E-state index contributed by atoms with van der Waals surface area (Å²) in [7, 11) is 0. The van der Waals surface area contributed by atoms with E-state index in [1.54, 1.807) is 13.8 Å². The number of aliphatic carboxylic acids is 1. The van der Waals surface area contributed by atoms with Crippen LogP contribution >= 0.6 is 0 Å². The summed E-state index contributed by atoms with van der Waals surface area (Å²) in [6.45, 7) is 3.20. The lowest BCUT2D eigenvalue weighted by molar-refractivity contribution is -0.149. The number of nitrogens with two attached hydrogens (primary N) is 1. The molecule has 18 heavy (non-hydrogen) atoms. The lowest BCUT2D eigenvalue weighted by Crippen LogP contribution is -2.46. The maximum absolute atomic E-state index is 11.4. The molecule has 0 aromatic heterocycles. The topological polar surface area (TPSA) is 122 Å². The molecule has 2 amide bonds. The van der Waals surface area contributed by atoms with E-state index in [4.69, 9.17) is 10.8 Å². The predicted molar refractivity (Wildman–Crippen MR) is 65.7 cm³/mol. The smallest absolute Gasteiger partial charge is 0.311 e. The van der Waals surface area contributed by atoms with E-state index < -0.39 is 23.2 Å². The fourth-order valence-corrected chi connectivity index (χ4v) is 1.46. The molecule has 104 valence electrons. The lowest BCUT2D eigenvalue weighted by Gasteiger charge is -2.26. The van der Waals surface area contributed by atoms with Crippen molar-refractivity contribution in [2.75, 3.05) is 19.6 Å². The van der Waals surface area contributed by atoms with Crippen LogP contribution in [0.3, 0.4) is 0 Å². The third-order valence-corrected chi connectivity index (χ3v) is 3.06. The summed E-state index contributed by atoms with van der Waals surface area (Å²) in [6, 6.07) is 0. The van der Waals surface area contributed by atoms with Gasteiger partial charge < -0.3 is 21.5 Å². The van der Waals surface area contributed by atoms with Gasteiger partial charge in [-0.05, 0) is 12.8 Å². The highest BCUT2D eigenvalue weighted by molar-refractivity contribution is 5.85. The summed E-state index contributed by atoms with van der Waals surface area (Å²) in [5.41, 5.74) is 4.11. The molecule has 0 rings (SSSR count). The van der Waals surface area contributed by atoms with E-state index in [1.165, 1.54) is 0 Å². The first-order valence-electron chi connectivity index (χ1n) is 5.88. The van der Waals surface area contributed by atoms with Gasteiger partial charge in [0.1, 0.15) is 0 Å². The van der Waals surface area contributed by atoms with Gasteiger partial charge in [-0.15, -0.1) is 0 Å². The maximum Gasteiger partial charge on any atom is 0.311 e. The quantitative estimate of drug-likeness (QED) is 0.448. The number of amides is 2. The number of carbonyl (C=O) groups excluding carboxylic acids is 2. The van der Waals surface area contributed by atoms with Crippen molar-refractivity contribution < 1.29 is 19.5 Å². The molecule has 0 aromatic carbocycles. The number of carbonyl (C=O) groups is 3. The van der Waals surface area contributed by atoms with Crippen LogP contribution in [-0.4, -0.2) is 42.5 Å². The zero-order valence-corrected chi connectivity index (χ0v) is 10.8. The Kier molecular flexibility index (Phi) is 6.96. The SMILES string of the molecule is CCC(CC)(CNC(=O)CNC(=O)CN)C(=O)O. The Labute approximate surface area is 106 Å². The van der Waals surface area contributed by atoms with Crippen molar-refractivity contribution in [1.82, 2.24) is 10.6 Å². The Balaban J connectivity index is 4.24. The van der Waals surface area contributed by atoms with Crippen LogP contribution in [0.25, 0.3) is 0 Å². The Morgan fingerprint density at radius 3 is 2.06 bits per heavy atom. The van der Waals surface area contributed by atoms with E-state index in [1.807, 2.05) is 0 Å². The minimum absolute atomic E-state index is 0.0483. The van der Waals surface area contributed by atoms with Crippen molar-refractivity contribution in [2.45, 2.75) is 26.7 Å². The maximum atomic E-state index is 11.4. The summed E-state index contributed by atoms with van der Waals surface area (Å²) < 4.78 is 0. The molecule has 7 heteroatoms. The molecule has 0 bridgehead atoms. The second kappa shape index (κ2) is 7.65. The van der Waals surface area contributed by atoms with E-state index in [0.717, 1.165) is 0 Å². The van der Waals surface area contributed by atoms with Gasteiger partial charge in [0.05, 0.1) is 18.5 Å². The van der Waals surface area contributed by atoms with E-state index >= 15 is 0 Å². The molecule has 0 atom stereocenters. The first-order valence-corrected chi connectivity index (χ1v) is 5.88. The summed E-state index contributed by atoms with van der Waals surface area (Å²) in [5, 5.41) is 14.0. The molecule has 0 radical (unpaired) electrons. The summed E-state index contributed by atoms with van der Waals surface area (Å²) >= 11 is 0. The van der Waals surface area contributed by atoms with E-state index in [9.17, 15) is 14.4 Å². The summed E-state index contributed by atoms with van der Waals surface area (Å²) in [5.74, 6) is -1.79. The molecule has 0 spiro atoms. The first-order chi connectivity index (χ1) is 8.41. The molecular formula is C11H21N3O4. The van der Waals surface area contributed by atoms with Gasteiger partial charge in [-0.3, -0.25) is 14.4 Å². The highest BCUT2D eigenvalue weighted by Gasteiger charge is 2.34. The molecular weight excluding hydrogens is 238 g/mol. The Hall–Kier alpha value is -1.63. The van der Waals surface area contributed by atoms with Crippen LogP contribution in [0, 0.1) is 5.41 Å². The zero-order chi connectivity index (χ0) is 14.2. The van der Waals surface area contributed by atoms with Gasteiger partial charge in [0, 0.05) is 6.54 Å². The molecule has 0 aliphatic heterocycles. The van der Waals surface area contributed by atoms with Crippen LogP contribution in [0.15, 0.2) is 0 Å². The van der Waals surface area contributed by atoms with Gasteiger partial charge in [0.25, 0.3) is 0 Å². The molecule has 0 saturated heterocycles. The molecule has 0 saturated carbocycles. The minimum Gasteiger partial charge on any atom is -0.481 e. The predicted octanol–water partition coefficient (Wildman–Crippen LogP) is -0.931. The highest BCUT2D eigenvalue weighted by atomic mass is 16.4. The van der Waals surface area contributed by atoms with Crippen LogP contribution in [0.1, 0.15) is 26.7 Å². The van der Waals surface area contributed by atoms with Gasteiger partial charge in [0.15, 0.2) is 0 Å². The standard InChI is InChI=1S/C11H21N3O4/c1-3-11(4-2,10(17)18)7-14-9(16)6-13-8(15)5-12/h3-7,12H2,1-2H3,(H,13,15)(H,14,16)(H,17,18). The van der Waals surface area contributed by atoms with Crippen molar-refractivity contribution in [1.29, 1.82) is 0 Å². The monoisotopic (exact) mass is 259 g/mol. The summed E-state index contributed by atoms with van der Waals surface area (Å²) in [6.07, 6.45) is 0.850. The molecule has 0 fully saturated rings. The Morgan fingerprint density at radius 2 is 1.67 bits per heavy atom. The van der Waals surface area contributed by atoms with Gasteiger partial charge in [0.2, 0.25) is 11.8 Å². The van der Waals surface area contributed by atoms with Crippen molar-refractivity contribution >= 4 is 17.8 Å². The molecule has 0 heterocycles. The molecule has 7 nitrogen and oxygen atoms in total. The van der Waals surface area contributed by atoms with Gasteiger partial charge in [-0.1, -0.05) is 13.8 Å². The number of nitrogens with one attached hydrogen (secondary N) is 2. The largest absolute Gasteiger partial charge is 0.481 e. The second-order valence-electron chi connectivity index (χ2n) is 4.05.